The Morgan fingerprint density at radius 2 is 1.45 bits per heavy atom. The minimum absolute atomic E-state index is 0.0685. The average Bonchev–Trinajstić information content (AvgIpc) is 3.78. The smallest absolute Gasteiger partial charge is 0.294 e. The number of fused-ring (bicyclic) bond motifs is 8. The third kappa shape index (κ3) is 4.51. The lowest BCUT2D eigenvalue weighted by Gasteiger charge is -2.37. The van der Waals surface area contributed by atoms with Crippen LogP contribution in [0.5, 0.6) is 0 Å². The first kappa shape index (κ1) is 31.7. The van der Waals surface area contributed by atoms with Crippen LogP contribution < -0.4 is 14.4 Å². The summed E-state index contributed by atoms with van der Waals surface area (Å²) in [6.45, 7) is 13.6. The highest BCUT2D eigenvalue weighted by Gasteiger charge is 2.55. The normalized spacial score (nSPS) is 19.6. The van der Waals surface area contributed by atoms with Gasteiger partial charge in [0.2, 0.25) is 0 Å². The molecular formula is C45H47N6+. The van der Waals surface area contributed by atoms with Gasteiger partial charge in [0.15, 0.2) is 11.6 Å². The molecule has 0 spiro atoms. The highest BCUT2D eigenvalue weighted by molar-refractivity contribution is 5.87. The van der Waals surface area contributed by atoms with Gasteiger partial charge in [0.05, 0.1) is 11.8 Å². The van der Waals surface area contributed by atoms with Gasteiger partial charge in [-0.2, -0.15) is 4.57 Å². The molecule has 0 radical (unpaired) electrons. The van der Waals surface area contributed by atoms with Crippen molar-refractivity contribution in [1.29, 1.82) is 0 Å². The maximum absolute atomic E-state index is 5.28. The summed E-state index contributed by atoms with van der Waals surface area (Å²) in [6, 6.07) is 31.4. The molecule has 0 N–H and O–H groups in total. The number of hydrogen-bond donors (Lipinski definition) is 0. The maximum atomic E-state index is 5.28. The molecule has 5 heterocycles. The minimum Gasteiger partial charge on any atom is -0.336 e. The first-order valence-electron chi connectivity index (χ1n) is 18.6. The number of benzene rings is 4. The lowest BCUT2D eigenvalue weighted by molar-refractivity contribution is -0.756. The van der Waals surface area contributed by atoms with E-state index in [9.17, 15) is 0 Å². The van der Waals surface area contributed by atoms with Crippen LogP contribution in [0.4, 0.5) is 17.2 Å². The summed E-state index contributed by atoms with van der Waals surface area (Å²) in [5, 5.41) is 0. The number of imidazole rings is 1. The number of aryl methyl sites for hydroxylation is 4. The Hall–Kier alpha value is -5.23. The van der Waals surface area contributed by atoms with Crippen LogP contribution in [0.3, 0.4) is 0 Å². The molecule has 6 heteroatoms. The molecule has 0 saturated carbocycles. The third-order valence-electron chi connectivity index (χ3n) is 12.4. The Labute approximate surface area is 302 Å². The van der Waals surface area contributed by atoms with E-state index in [2.05, 4.69) is 171 Å². The molecule has 6 nitrogen and oxygen atoms in total. The molecule has 9 rings (SSSR count). The van der Waals surface area contributed by atoms with Crippen molar-refractivity contribution in [3.8, 4) is 28.5 Å². The predicted molar refractivity (Wildman–Crippen MR) is 207 cm³/mol. The molecule has 3 atom stereocenters. The summed E-state index contributed by atoms with van der Waals surface area (Å²) in [7, 11) is 2.24. The third-order valence-corrected chi connectivity index (χ3v) is 12.4. The SMILES string of the molecule is CCC1(CC)CC(C2c3ccccc3N3c4cnc(-c5ccccc5C)nc4N(C)C23)c2ccccc2-c2n(-c3c(C)cc(C)cc3C)cc[n+]21. The van der Waals surface area contributed by atoms with Crippen LogP contribution in [0.2, 0.25) is 0 Å². The molecule has 3 unspecified atom stereocenters. The van der Waals surface area contributed by atoms with E-state index in [0.717, 1.165) is 42.2 Å². The van der Waals surface area contributed by atoms with Crippen molar-refractivity contribution in [2.24, 2.45) is 0 Å². The van der Waals surface area contributed by atoms with E-state index < -0.39 is 0 Å². The van der Waals surface area contributed by atoms with E-state index in [1.807, 2.05) is 0 Å². The fraction of sp³-hybridized carbons (Fsp3) is 0.311. The number of para-hydroxylation sites is 1. The Bertz CT molecular complexity index is 2310. The molecule has 51 heavy (non-hydrogen) atoms. The van der Waals surface area contributed by atoms with Crippen LogP contribution in [-0.4, -0.2) is 27.7 Å². The van der Waals surface area contributed by atoms with Crippen molar-refractivity contribution in [2.45, 2.75) is 84.3 Å². The first-order valence-corrected chi connectivity index (χ1v) is 18.6. The van der Waals surface area contributed by atoms with Crippen molar-refractivity contribution < 1.29 is 4.57 Å². The van der Waals surface area contributed by atoms with E-state index >= 15 is 0 Å². The zero-order chi connectivity index (χ0) is 35.2. The van der Waals surface area contributed by atoms with Gasteiger partial charge in [-0.3, -0.25) is 0 Å². The minimum atomic E-state index is -0.0685. The van der Waals surface area contributed by atoms with Gasteiger partial charge < -0.3 is 9.80 Å². The van der Waals surface area contributed by atoms with Crippen LogP contribution in [0.25, 0.3) is 28.5 Å². The Morgan fingerprint density at radius 1 is 0.784 bits per heavy atom. The molecule has 3 aliphatic rings. The number of anilines is 3. The van der Waals surface area contributed by atoms with Gasteiger partial charge >= 0.3 is 0 Å². The number of aromatic nitrogens is 4. The van der Waals surface area contributed by atoms with E-state index in [1.165, 1.54) is 56.1 Å². The lowest BCUT2D eigenvalue weighted by Crippen LogP contribution is -2.56. The molecule has 0 fully saturated rings. The van der Waals surface area contributed by atoms with Gasteiger partial charge in [-0.1, -0.05) is 92.2 Å². The van der Waals surface area contributed by atoms with Crippen molar-refractivity contribution >= 4 is 17.2 Å². The van der Waals surface area contributed by atoms with Crippen LogP contribution in [-0.2, 0) is 5.54 Å². The van der Waals surface area contributed by atoms with Crippen molar-refractivity contribution in [2.75, 3.05) is 16.8 Å². The van der Waals surface area contributed by atoms with Crippen LogP contribution in [0, 0.1) is 27.7 Å². The molecule has 4 aromatic carbocycles. The number of nitrogens with zero attached hydrogens (tertiary/aromatic N) is 6. The summed E-state index contributed by atoms with van der Waals surface area (Å²) in [6.07, 6.45) is 9.96. The molecular weight excluding hydrogens is 625 g/mol. The van der Waals surface area contributed by atoms with Crippen LogP contribution >= 0.6 is 0 Å². The quantitative estimate of drug-likeness (QED) is 0.171. The van der Waals surface area contributed by atoms with Crippen LogP contribution in [0.1, 0.15) is 78.3 Å². The molecule has 0 amide bonds. The standard InChI is InChI=1S/C45H47N6/c1-8-45(9-2)26-36(33-18-12-13-19-34(33)43-49(22-23-50(43)45)40-30(5)24-28(3)25-31(40)6)39-35-20-14-15-21-37(35)51-38-27-46-41(32-17-11-10-16-29(32)4)47-42(38)48(7)44(39)51/h10-25,27,36,39,44H,8-9,26H2,1-7H3/q+1. The van der Waals surface area contributed by atoms with Gasteiger partial charge in [0, 0.05) is 24.2 Å². The first-order chi connectivity index (χ1) is 24.8. The summed E-state index contributed by atoms with van der Waals surface area (Å²) in [5.74, 6) is 3.53. The molecule has 256 valence electrons. The largest absolute Gasteiger partial charge is 0.336 e. The highest BCUT2D eigenvalue weighted by Crippen LogP contribution is 2.60. The van der Waals surface area contributed by atoms with Crippen molar-refractivity contribution in [1.82, 2.24) is 14.5 Å². The van der Waals surface area contributed by atoms with Crippen molar-refractivity contribution in [3.05, 3.63) is 137 Å². The van der Waals surface area contributed by atoms with Gasteiger partial charge in [0.1, 0.15) is 35.5 Å². The average molecular weight is 672 g/mol. The fourth-order valence-corrected chi connectivity index (χ4v) is 10.0. The molecule has 6 aromatic rings. The summed E-state index contributed by atoms with van der Waals surface area (Å²) >= 11 is 0. The Balaban J connectivity index is 1.25. The zero-order valence-corrected chi connectivity index (χ0v) is 30.9. The summed E-state index contributed by atoms with van der Waals surface area (Å²) in [5.41, 5.74) is 13.9. The second-order valence-electron chi connectivity index (χ2n) is 15.1. The maximum Gasteiger partial charge on any atom is 0.294 e. The lowest BCUT2D eigenvalue weighted by atomic mass is 9.72. The van der Waals surface area contributed by atoms with Crippen molar-refractivity contribution in [3.63, 3.8) is 0 Å². The number of rotatable bonds is 5. The Morgan fingerprint density at radius 3 is 2.18 bits per heavy atom. The highest BCUT2D eigenvalue weighted by atomic mass is 15.5. The molecule has 0 bridgehead atoms. The second kappa shape index (κ2) is 11.7. The molecule has 3 aliphatic heterocycles. The van der Waals surface area contributed by atoms with Gasteiger partial charge in [-0.05, 0) is 92.8 Å². The monoisotopic (exact) mass is 671 g/mol. The van der Waals surface area contributed by atoms with Gasteiger partial charge in [0.25, 0.3) is 5.82 Å². The predicted octanol–water partition coefficient (Wildman–Crippen LogP) is 9.84. The zero-order valence-electron chi connectivity index (χ0n) is 30.9. The molecule has 2 aromatic heterocycles. The van der Waals surface area contributed by atoms with Gasteiger partial charge in [-0.15, -0.1) is 0 Å². The van der Waals surface area contributed by atoms with E-state index in [-0.39, 0.29) is 23.5 Å². The topological polar surface area (TPSA) is 41.1 Å². The second-order valence-corrected chi connectivity index (χ2v) is 15.1. The van der Waals surface area contributed by atoms with Gasteiger partial charge in [-0.25, -0.2) is 14.5 Å². The summed E-state index contributed by atoms with van der Waals surface area (Å²) in [4.78, 5) is 15.2. The molecule has 0 saturated heterocycles. The molecule has 0 aliphatic carbocycles. The van der Waals surface area contributed by atoms with E-state index in [4.69, 9.17) is 9.97 Å². The fourth-order valence-electron chi connectivity index (χ4n) is 10.0. The summed E-state index contributed by atoms with van der Waals surface area (Å²) < 4.78 is 5.14. The Kier molecular flexibility index (Phi) is 7.25. The van der Waals surface area contributed by atoms with E-state index in [0.29, 0.717) is 0 Å². The number of likely N-dealkylation sites (N-methyl/N-ethyl adjacent to an activating group) is 1. The van der Waals surface area contributed by atoms with Crippen LogP contribution in [0.15, 0.2) is 104 Å². The number of hydrogen-bond acceptors (Lipinski definition) is 4. The van der Waals surface area contributed by atoms with E-state index in [1.54, 1.807) is 0 Å².